The highest BCUT2D eigenvalue weighted by Gasteiger charge is 2.41. The maximum absolute atomic E-state index is 10.7. The van der Waals surface area contributed by atoms with Gasteiger partial charge in [0.25, 0.3) is 0 Å². The molecule has 17 heavy (non-hydrogen) atoms. The van der Waals surface area contributed by atoms with Crippen molar-refractivity contribution < 1.29 is 9.53 Å². The van der Waals surface area contributed by atoms with Gasteiger partial charge in [0, 0.05) is 7.11 Å². The van der Waals surface area contributed by atoms with E-state index in [-0.39, 0.29) is 0 Å². The Balaban J connectivity index is 2.55. The molecule has 0 amide bonds. The molecule has 0 atom stereocenters. The first-order valence-electron chi connectivity index (χ1n) is 6.86. The SMILES string of the molecule is CO[Si](C)(C)CC1(O)CCC(C(C)(C)C)CC1. The average Bonchev–Trinajstić information content (AvgIpc) is 2.15. The number of hydrogen-bond acceptors (Lipinski definition) is 2. The molecule has 1 saturated carbocycles. The van der Waals surface area contributed by atoms with Crippen LogP contribution in [0.5, 0.6) is 0 Å². The molecule has 0 saturated heterocycles. The zero-order valence-corrected chi connectivity index (χ0v) is 13.5. The maximum atomic E-state index is 10.7. The van der Waals surface area contributed by atoms with Crippen molar-refractivity contribution in [2.24, 2.45) is 11.3 Å². The Labute approximate surface area is 108 Å². The van der Waals surface area contributed by atoms with Crippen molar-refractivity contribution in [2.75, 3.05) is 7.11 Å². The third kappa shape index (κ3) is 4.38. The van der Waals surface area contributed by atoms with Gasteiger partial charge in [0.15, 0.2) is 8.32 Å². The summed E-state index contributed by atoms with van der Waals surface area (Å²) in [6, 6.07) is 0.882. The quantitative estimate of drug-likeness (QED) is 0.780. The molecule has 2 nitrogen and oxygen atoms in total. The fourth-order valence-electron chi connectivity index (χ4n) is 3.06. The molecule has 1 aliphatic rings. The summed E-state index contributed by atoms with van der Waals surface area (Å²) in [4.78, 5) is 0. The molecule has 0 aromatic rings. The summed E-state index contributed by atoms with van der Waals surface area (Å²) in [6.45, 7) is 11.3. The molecule has 0 heterocycles. The monoisotopic (exact) mass is 258 g/mol. The average molecular weight is 258 g/mol. The molecule has 0 aromatic heterocycles. The summed E-state index contributed by atoms with van der Waals surface area (Å²) in [6.07, 6.45) is 4.23. The van der Waals surface area contributed by atoms with Crippen molar-refractivity contribution in [3.05, 3.63) is 0 Å². The van der Waals surface area contributed by atoms with Gasteiger partial charge in [0.2, 0.25) is 0 Å². The highest BCUT2D eigenvalue weighted by Crippen LogP contribution is 2.44. The standard InChI is InChI=1S/C14H30O2Si/c1-13(2,3)12-7-9-14(15,10-8-12)11-17(5,6)16-4/h12,15H,7-11H2,1-6H3. The van der Waals surface area contributed by atoms with Crippen LogP contribution in [0.15, 0.2) is 0 Å². The lowest BCUT2D eigenvalue weighted by atomic mass is 9.69. The molecule has 0 unspecified atom stereocenters. The van der Waals surface area contributed by atoms with E-state index in [1.54, 1.807) is 7.11 Å². The molecule has 1 rings (SSSR count). The summed E-state index contributed by atoms with van der Waals surface area (Å²) in [5, 5.41) is 10.7. The first-order chi connectivity index (χ1) is 7.58. The molecule has 0 aliphatic heterocycles. The Morgan fingerprint density at radius 3 is 2.06 bits per heavy atom. The van der Waals surface area contributed by atoms with E-state index < -0.39 is 13.9 Å². The van der Waals surface area contributed by atoms with Crippen molar-refractivity contribution in [1.29, 1.82) is 0 Å². The normalized spacial score (nSPS) is 31.6. The van der Waals surface area contributed by atoms with E-state index in [0.717, 1.165) is 37.6 Å². The van der Waals surface area contributed by atoms with E-state index >= 15 is 0 Å². The van der Waals surface area contributed by atoms with Crippen molar-refractivity contribution in [2.45, 2.75) is 71.2 Å². The molecule has 1 aliphatic carbocycles. The second-order valence-corrected chi connectivity index (χ2v) is 11.8. The van der Waals surface area contributed by atoms with Crippen LogP contribution in [0.1, 0.15) is 46.5 Å². The minimum Gasteiger partial charge on any atom is -0.420 e. The first kappa shape index (κ1) is 15.2. The van der Waals surface area contributed by atoms with E-state index in [2.05, 4.69) is 33.9 Å². The highest BCUT2D eigenvalue weighted by atomic mass is 28.4. The predicted octanol–water partition coefficient (Wildman–Crippen LogP) is 3.81. The van der Waals surface area contributed by atoms with Crippen LogP contribution < -0.4 is 0 Å². The Bertz CT molecular complexity index is 247. The molecule has 1 fully saturated rings. The van der Waals surface area contributed by atoms with Gasteiger partial charge in [0.05, 0.1) is 5.60 Å². The second-order valence-electron chi connectivity index (χ2n) is 7.51. The summed E-state index contributed by atoms with van der Waals surface area (Å²) in [7, 11) is 0.133. The van der Waals surface area contributed by atoms with Gasteiger partial charge in [0.1, 0.15) is 0 Å². The molecule has 0 spiro atoms. The van der Waals surface area contributed by atoms with Crippen molar-refractivity contribution in [3.8, 4) is 0 Å². The second kappa shape index (κ2) is 5.02. The molecular formula is C14H30O2Si. The highest BCUT2D eigenvalue weighted by molar-refractivity contribution is 6.71. The fourth-order valence-corrected chi connectivity index (χ4v) is 5.15. The lowest BCUT2D eigenvalue weighted by molar-refractivity contribution is -0.0128. The molecule has 0 bridgehead atoms. The Morgan fingerprint density at radius 1 is 1.24 bits per heavy atom. The van der Waals surface area contributed by atoms with Crippen LogP contribution in [0, 0.1) is 11.3 Å². The minimum atomic E-state index is -1.65. The van der Waals surface area contributed by atoms with E-state index in [9.17, 15) is 5.11 Å². The van der Waals surface area contributed by atoms with Gasteiger partial charge in [-0.15, -0.1) is 0 Å². The van der Waals surface area contributed by atoms with Crippen molar-refractivity contribution in [1.82, 2.24) is 0 Å². The third-order valence-electron chi connectivity index (χ3n) is 4.45. The van der Waals surface area contributed by atoms with Crippen LogP contribution in [-0.2, 0) is 4.43 Å². The van der Waals surface area contributed by atoms with Gasteiger partial charge in [-0.05, 0) is 56.2 Å². The van der Waals surface area contributed by atoms with Gasteiger partial charge in [-0.25, -0.2) is 0 Å². The summed E-state index contributed by atoms with van der Waals surface area (Å²) < 4.78 is 5.58. The summed E-state index contributed by atoms with van der Waals surface area (Å²) in [5.74, 6) is 0.759. The molecular weight excluding hydrogens is 228 g/mol. The number of hydrogen-bond donors (Lipinski definition) is 1. The lowest BCUT2D eigenvalue weighted by Gasteiger charge is -2.43. The predicted molar refractivity (Wildman–Crippen MR) is 75.7 cm³/mol. The third-order valence-corrected chi connectivity index (χ3v) is 7.06. The van der Waals surface area contributed by atoms with Crippen LogP contribution in [0.3, 0.4) is 0 Å². The first-order valence-corrected chi connectivity index (χ1v) is 9.97. The fraction of sp³-hybridized carbons (Fsp3) is 1.00. The van der Waals surface area contributed by atoms with Crippen LogP contribution in [0.2, 0.25) is 19.1 Å². The Kier molecular flexibility index (Phi) is 4.49. The van der Waals surface area contributed by atoms with Gasteiger partial charge in [-0.2, -0.15) is 0 Å². The molecule has 0 aromatic carbocycles. The Morgan fingerprint density at radius 2 is 1.71 bits per heavy atom. The zero-order chi connectivity index (χ0) is 13.3. The van der Waals surface area contributed by atoms with Gasteiger partial charge in [-0.3, -0.25) is 0 Å². The van der Waals surface area contributed by atoms with Gasteiger partial charge < -0.3 is 9.53 Å². The van der Waals surface area contributed by atoms with Crippen LogP contribution in [0.25, 0.3) is 0 Å². The van der Waals surface area contributed by atoms with Crippen LogP contribution in [-0.4, -0.2) is 26.1 Å². The van der Waals surface area contributed by atoms with Gasteiger partial charge >= 0.3 is 0 Å². The van der Waals surface area contributed by atoms with Gasteiger partial charge in [-0.1, -0.05) is 20.8 Å². The van der Waals surface area contributed by atoms with Crippen LogP contribution >= 0.6 is 0 Å². The molecule has 0 radical (unpaired) electrons. The number of rotatable bonds is 3. The smallest absolute Gasteiger partial charge is 0.189 e. The van der Waals surface area contributed by atoms with Crippen LogP contribution in [0.4, 0.5) is 0 Å². The topological polar surface area (TPSA) is 29.5 Å². The van der Waals surface area contributed by atoms with E-state index in [4.69, 9.17) is 4.43 Å². The minimum absolute atomic E-state index is 0.384. The van der Waals surface area contributed by atoms with E-state index in [1.807, 2.05) is 0 Å². The summed E-state index contributed by atoms with van der Waals surface area (Å²) >= 11 is 0. The lowest BCUT2D eigenvalue weighted by Crippen LogP contribution is -2.45. The van der Waals surface area contributed by atoms with Crippen molar-refractivity contribution >= 4 is 8.32 Å². The summed E-state index contributed by atoms with van der Waals surface area (Å²) in [5.41, 5.74) is -0.0665. The zero-order valence-electron chi connectivity index (χ0n) is 12.5. The van der Waals surface area contributed by atoms with Crippen molar-refractivity contribution in [3.63, 3.8) is 0 Å². The largest absolute Gasteiger partial charge is 0.420 e. The molecule has 3 heteroatoms. The maximum Gasteiger partial charge on any atom is 0.189 e. The van der Waals surface area contributed by atoms with E-state index in [1.165, 1.54) is 0 Å². The Hall–Kier alpha value is 0.137. The van der Waals surface area contributed by atoms with E-state index in [0.29, 0.717) is 5.41 Å². The number of aliphatic hydroxyl groups is 1. The molecule has 1 N–H and O–H groups in total. The molecule has 102 valence electrons.